The van der Waals surface area contributed by atoms with Gasteiger partial charge in [-0.2, -0.15) is 0 Å². The van der Waals surface area contributed by atoms with Crippen molar-refractivity contribution in [1.29, 1.82) is 0 Å². The van der Waals surface area contributed by atoms with E-state index in [-0.39, 0.29) is 20.3 Å². The molecule has 0 aromatic heterocycles. The third-order valence-electron chi connectivity index (χ3n) is 1.08. The van der Waals surface area contributed by atoms with Gasteiger partial charge in [0.15, 0.2) is 0 Å². The second kappa shape index (κ2) is 6.75. The number of hydrogen-bond acceptors (Lipinski definition) is 1. The average Bonchev–Trinajstić information content (AvgIpc) is 1.63. The molecule has 0 heterocycles. The summed E-state index contributed by atoms with van der Waals surface area (Å²) in [5.74, 6) is 0. The predicted octanol–water partition coefficient (Wildman–Crippen LogP) is -0.567. The van der Waals surface area contributed by atoms with Crippen LogP contribution >= 0.6 is 11.1 Å². The van der Waals surface area contributed by atoms with Crippen LogP contribution in [0.3, 0.4) is 0 Å². The van der Waals surface area contributed by atoms with E-state index in [1.54, 1.807) is 0 Å². The van der Waals surface area contributed by atoms with Crippen molar-refractivity contribution in [2.24, 2.45) is 0 Å². The Morgan fingerprint density at radius 1 is 1.50 bits per heavy atom. The number of hydrogen-bond donors (Lipinski definition) is 1. The molecule has 0 saturated carbocycles. The molecule has 0 spiro atoms. The molecule has 0 bridgehead atoms. The summed E-state index contributed by atoms with van der Waals surface area (Å²) < 4.78 is 0. The molecule has 0 aromatic carbocycles. The van der Waals surface area contributed by atoms with Gasteiger partial charge in [-0.25, -0.2) is 0 Å². The van der Waals surface area contributed by atoms with Crippen LogP contribution in [-0.2, 0) is 0 Å². The molecule has 58 valence electrons. The Morgan fingerprint density at radius 2 is 2.00 bits per heavy atom. The van der Waals surface area contributed by atoms with Crippen LogP contribution < -0.4 is 23.8 Å². The number of unbranched alkanes of at least 4 members (excludes halogenated alkanes) is 1. The fourth-order valence-electron chi connectivity index (χ4n) is 0.562. The third-order valence-corrected chi connectivity index (χ3v) is 2.57. The molecule has 0 rings (SSSR count). The van der Waals surface area contributed by atoms with Crippen LogP contribution in [0.4, 0.5) is 0 Å². The molecule has 0 aromatic rings. The van der Waals surface area contributed by atoms with Gasteiger partial charge in [-0.05, 0) is 26.1 Å². The van der Waals surface area contributed by atoms with Gasteiger partial charge in [-0.15, -0.1) is 11.1 Å². The molecule has 0 atom stereocenters. The summed E-state index contributed by atoms with van der Waals surface area (Å²) in [6, 6.07) is 0. The van der Waals surface area contributed by atoms with Gasteiger partial charge in [0.05, 0.1) is 0 Å². The monoisotopic (exact) mass is 173 g/mol. The molecule has 4 heteroatoms. The normalized spacial score (nSPS) is 10.8. The first-order valence-electron chi connectivity index (χ1n) is 3.50. The maximum atomic E-state index is 6.00. The van der Waals surface area contributed by atoms with Gasteiger partial charge in [0.2, 0.25) is 7.55 Å². The number of halogens is 1. The molecule has 10 heavy (non-hydrogen) atoms. The van der Waals surface area contributed by atoms with Crippen LogP contribution in [0, 0.1) is 0 Å². The van der Waals surface area contributed by atoms with Crippen LogP contribution in [0.25, 0.3) is 0 Å². The summed E-state index contributed by atoms with van der Waals surface area (Å²) >= 11 is 6.00. The first kappa shape index (κ1) is 13.6. The SMILES string of the molecule is CCCCN[Si](C)(C)Cl.[H-].[Li+]. The second-order valence-electron chi connectivity index (χ2n) is 2.75. The molecular weight excluding hydrogens is 157 g/mol. The fraction of sp³-hybridized carbons (Fsp3) is 1.00. The second-order valence-corrected chi connectivity index (χ2v) is 8.89. The summed E-state index contributed by atoms with van der Waals surface area (Å²) in [5.41, 5.74) is 0. The van der Waals surface area contributed by atoms with E-state index < -0.39 is 7.55 Å². The summed E-state index contributed by atoms with van der Waals surface area (Å²) in [5, 5.41) is 0. The van der Waals surface area contributed by atoms with Crippen molar-refractivity contribution < 1.29 is 20.3 Å². The minimum absolute atomic E-state index is 0. The van der Waals surface area contributed by atoms with Gasteiger partial charge in [0.25, 0.3) is 0 Å². The van der Waals surface area contributed by atoms with E-state index in [4.69, 9.17) is 11.1 Å². The van der Waals surface area contributed by atoms with Crippen molar-refractivity contribution in [3.05, 3.63) is 0 Å². The molecule has 0 amide bonds. The van der Waals surface area contributed by atoms with Gasteiger partial charge >= 0.3 is 18.9 Å². The number of nitrogens with one attached hydrogen (secondary N) is 1. The van der Waals surface area contributed by atoms with E-state index in [2.05, 4.69) is 25.0 Å². The third kappa shape index (κ3) is 11.8. The Balaban J connectivity index is -0.000000320. The summed E-state index contributed by atoms with van der Waals surface area (Å²) in [4.78, 5) is 3.33. The van der Waals surface area contributed by atoms with Crippen molar-refractivity contribution in [2.45, 2.75) is 32.9 Å². The van der Waals surface area contributed by atoms with Crippen molar-refractivity contribution in [3.63, 3.8) is 0 Å². The van der Waals surface area contributed by atoms with Crippen LogP contribution in [0.5, 0.6) is 0 Å². The Kier molecular flexibility index (Phi) is 9.21. The first-order valence-corrected chi connectivity index (χ1v) is 7.51. The van der Waals surface area contributed by atoms with Gasteiger partial charge in [0.1, 0.15) is 0 Å². The van der Waals surface area contributed by atoms with E-state index >= 15 is 0 Å². The predicted molar refractivity (Wildman–Crippen MR) is 47.4 cm³/mol. The van der Waals surface area contributed by atoms with E-state index in [1.165, 1.54) is 12.8 Å². The minimum Gasteiger partial charge on any atom is -1.00 e. The summed E-state index contributed by atoms with van der Waals surface area (Å²) in [6.45, 7) is 7.47. The van der Waals surface area contributed by atoms with Gasteiger partial charge in [0, 0.05) is 0 Å². The van der Waals surface area contributed by atoms with Gasteiger partial charge in [-0.1, -0.05) is 13.3 Å². The zero-order valence-corrected chi connectivity index (χ0v) is 9.26. The maximum absolute atomic E-state index is 6.00. The van der Waals surface area contributed by atoms with Crippen molar-refractivity contribution >= 4 is 18.6 Å². The van der Waals surface area contributed by atoms with Gasteiger partial charge in [-0.3, -0.25) is 0 Å². The minimum atomic E-state index is -1.47. The Labute approximate surface area is 83.4 Å². The molecular formula is C6H17ClLiNSi. The zero-order chi connectivity index (χ0) is 7.33. The van der Waals surface area contributed by atoms with Gasteiger partial charge < -0.3 is 6.41 Å². The molecule has 0 unspecified atom stereocenters. The van der Waals surface area contributed by atoms with Crippen LogP contribution in [0.15, 0.2) is 0 Å². The van der Waals surface area contributed by atoms with Crippen LogP contribution in [-0.4, -0.2) is 14.1 Å². The number of rotatable bonds is 4. The summed E-state index contributed by atoms with van der Waals surface area (Å²) in [6.07, 6.45) is 2.48. The largest absolute Gasteiger partial charge is 1.00 e. The Morgan fingerprint density at radius 3 is 2.30 bits per heavy atom. The Bertz CT molecular complexity index is 79.5. The molecule has 1 nitrogen and oxygen atoms in total. The fourth-order valence-corrected chi connectivity index (χ4v) is 1.62. The molecule has 0 radical (unpaired) electrons. The smallest absolute Gasteiger partial charge is 1.00 e. The van der Waals surface area contributed by atoms with E-state index in [0.717, 1.165) is 6.54 Å². The molecule has 0 fully saturated rings. The molecule has 1 N–H and O–H groups in total. The van der Waals surface area contributed by atoms with E-state index in [0.29, 0.717) is 0 Å². The molecule has 0 aliphatic heterocycles. The summed E-state index contributed by atoms with van der Waals surface area (Å²) in [7, 11) is -1.47. The van der Waals surface area contributed by atoms with E-state index in [1.807, 2.05) is 0 Å². The zero-order valence-electron chi connectivity index (χ0n) is 8.50. The van der Waals surface area contributed by atoms with Crippen molar-refractivity contribution in [2.75, 3.05) is 6.54 Å². The van der Waals surface area contributed by atoms with Crippen molar-refractivity contribution in [3.8, 4) is 0 Å². The van der Waals surface area contributed by atoms with Crippen LogP contribution in [0.2, 0.25) is 13.1 Å². The quantitative estimate of drug-likeness (QED) is 0.341. The Hall–Kier alpha value is 1.06. The average molecular weight is 174 g/mol. The molecule has 0 saturated heterocycles. The standard InChI is InChI=1S/C6H16ClNSi.Li.H/c1-4-5-6-8-9(2,3)7;;/h8H,4-6H2,1-3H3;;/q;+1;-1. The first-order chi connectivity index (χ1) is 4.06. The topological polar surface area (TPSA) is 12.0 Å². The molecule has 0 aliphatic carbocycles. The van der Waals surface area contributed by atoms with Crippen LogP contribution in [0.1, 0.15) is 21.2 Å². The van der Waals surface area contributed by atoms with Crippen molar-refractivity contribution in [1.82, 2.24) is 4.98 Å². The van der Waals surface area contributed by atoms with E-state index in [9.17, 15) is 0 Å². The maximum Gasteiger partial charge on any atom is 1.00 e. The molecule has 0 aliphatic rings.